The van der Waals surface area contributed by atoms with Crippen molar-refractivity contribution in [2.24, 2.45) is 0 Å². The molecule has 0 atom stereocenters. The molecule has 4 heteroatoms. The minimum atomic E-state index is -0.427. The summed E-state index contributed by atoms with van der Waals surface area (Å²) in [6.07, 6.45) is 0.998. The van der Waals surface area contributed by atoms with Gasteiger partial charge in [0.15, 0.2) is 0 Å². The molecule has 0 saturated carbocycles. The van der Waals surface area contributed by atoms with E-state index >= 15 is 0 Å². The summed E-state index contributed by atoms with van der Waals surface area (Å²) < 4.78 is 5.10. The molecule has 0 heterocycles. The number of aldehydes is 1. The molecular formula is C17H17NO3. The lowest BCUT2D eigenvalue weighted by molar-refractivity contribution is 0.112. The minimum absolute atomic E-state index is 0.307. The summed E-state index contributed by atoms with van der Waals surface area (Å²) in [6, 6.07) is 16.9. The van der Waals surface area contributed by atoms with Crippen molar-refractivity contribution in [1.29, 1.82) is 0 Å². The predicted octanol–water partition coefficient (Wildman–Crippen LogP) is 2.97. The van der Waals surface area contributed by atoms with Crippen LogP contribution >= 0.6 is 0 Å². The first-order valence-electron chi connectivity index (χ1n) is 6.76. The van der Waals surface area contributed by atoms with Crippen LogP contribution in [0.2, 0.25) is 0 Å². The average molecular weight is 283 g/mol. The van der Waals surface area contributed by atoms with Gasteiger partial charge in [-0.1, -0.05) is 54.6 Å². The van der Waals surface area contributed by atoms with Crippen molar-refractivity contribution in [2.45, 2.75) is 13.0 Å². The summed E-state index contributed by atoms with van der Waals surface area (Å²) in [5, 5.41) is 2.70. The van der Waals surface area contributed by atoms with Crippen LogP contribution in [-0.4, -0.2) is 19.0 Å². The number of alkyl carbamates (subject to hydrolysis) is 1. The van der Waals surface area contributed by atoms with Gasteiger partial charge in [0.1, 0.15) is 6.29 Å². The molecule has 1 N–H and O–H groups in total. The second-order valence-corrected chi connectivity index (χ2v) is 4.58. The van der Waals surface area contributed by atoms with Gasteiger partial charge in [-0.05, 0) is 11.1 Å². The third-order valence-corrected chi connectivity index (χ3v) is 3.02. The van der Waals surface area contributed by atoms with E-state index in [1.807, 2.05) is 42.5 Å². The Morgan fingerprint density at radius 2 is 1.71 bits per heavy atom. The van der Waals surface area contributed by atoms with Crippen molar-refractivity contribution >= 4 is 12.4 Å². The zero-order valence-corrected chi connectivity index (χ0v) is 11.6. The van der Waals surface area contributed by atoms with E-state index in [9.17, 15) is 9.59 Å². The van der Waals surface area contributed by atoms with Crippen molar-refractivity contribution in [3.63, 3.8) is 0 Å². The van der Waals surface area contributed by atoms with Crippen molar-refractivity contribution in [2.75, 3.05) is 6.61 Å². The van der Waals surface area contributed by atoms with Crippen LogP contribution in [0.25, 0.3) is 0 Å². The van der Waals surface area contributed by atoms with Gasteiger partial charge >= 0.3 is 6.09 Å². The third kappa shape index (κ3) is 5.10. The minimum Gasteiger partial charge on any atom is -0.449 e. The van der Waals surface area contributed by atoms with Crippen LogP contribution in [0.3, 0.4) is 0 Å². The van der Waals surface area contributed by atoms with Gasteiger partial charge in [0.25, 0.3) is 0 Å². The molecule has 0 radical (unpaired) electrons. The van der Waals surface area contributed by atoms with E-state index in [1.54, 1.807) is 12.1 Å². The fourth-order valence-corrected chi connectivity index (χ4v) is 1.85. The Labute approximate surface area is 123 Å². The molecule has 1 amide bonds. The van der Waals surface area contributed by atoms with Gasteiger partial charge in [-0.15, -0.1) is 0 Å². The number of hydrogen-bond donors (Lipinski definition) is 1. The van der Waals surface area contributed by atoms with Crippen LogP contribution < -0.4 is 5.32 Å². The molecule has 0 aliphatic carbocycles. The molecule has 2 aromatic rings. The lowest BCUT2D eigenvalue weighted by atomic mass is 10.1. The van der Waals surface area contributed by atoms with E-state index in [2.05, 4.69) is 5.32 Å². The number of carbonyl (C=O) groups excluding carboxylic acids is 2. The highest BCUT2D eigenvalue weighted by molar-refractivity contribution is 5.74. The topological polar surface area (TPSA) is 55.4 Å². The number of carbonyl (C=O) groups is 2. The number of ether oxygens (including phenoxy) is 1. The lowest BCUT2D eigenvalue weighted by Crippen LogP contribution is -2.24. The van der Waals surface area contributed by atoms with Gasteiger partial charge in [-0.25, -0.2) is 4.79 Å². The Balaban J connectivity index is 1.68. The second-order valence-electron chi connectivity index (χ2n) is 4.58. The van der Waals surface area contributed by atoms with Gasteiger partial charge in [0, 0.05) is 18.5 Å². The van der Waals surface area contributed by atoms with Crippen molar-refractivity contribution < 1.29 is 14.3 Å². The van der Waals surface area contributed by atoms with Crippen LogP contribution in [0.5, 0.6) is 0 Å². The monoisotopic (exact) mass is 283 g/mol. The molecule has 2 aromatic carbocycles. The van der Waals surface area contributed by atoms with Gasteiger partial charge in [-0.2, -0.15) is 0 Å². The highest BCUT2D eigenvalue weighted by Crippen LogP contribution is 2.03. The van der Waals surface area contributed by atoms with Gasteiger partial charge in [0.2, 0.25) is 0 Å². The van der Waals surface area contributed by atoms with Crippen LogP contribution in [0.1, 0.15) is 21.5 Å². The zero-order chi connectivity index (χ0) is 14.9. The molecule has 108 valence electrons. The fraction of sp³-hybridized carbons (Fsp3) is 0.176. The van der Waals surface area contributed by atoms with E-state index in [0.29, 0.717) is 25.1 Å². The first-order valence-corrected chi connectivity index (χ1v) is 6.76. The molecule has 4 nitrogen and oxygen atoms in total. The summed E-state index contributed by atoms with van der Waals surface area (Å²) in [7, 11) is 0. The lowest BCUT2D eigenvalue weighted by Gasteiger charge is -2.07. The molecule has 0 aliphatic rings. The normalized spacial score (nSPS) is 9.90. The molecule has 0 unspecified atom stereocenters. The molecule has 21 heavy (non-hydrogen) atoms. The SMILES string of the molecule is O=Cc1ccc(CCOC(=O)NCc2ccccc2)cc1. The van der Waals surface area contributed by atoms with Crippen LogP contribution in [0, 0.1) is 0 Å². The summed E-state index contributed by atoms with van der Waals surface area (Å²) in [6.45, 7) is 0.759. The first-order chi connectivity index (χ1) is 10.3. The van der Waals surface area contributed by atoms with E-state index in [0.717, 1.165) is 17.4 Å². The number of amides is 1. The highest BCUT2D eigenvalue weighted by atomic mass is 16.5. The number of benzene rings is 2. The smallest absolute Gasteiger partial charge is 0.407 e. The first kappa shape index (κ1) is 14.8. The van der Waals surface area contributed by atoms with Crippen LogP contribution in [0.4, 0.5) is 4.79 Å². The average Bonchev–Trinajstić information content (AvgIpc) is 2.54. The summed E-state index contributed by atoms with van der Waals surface area (Å²) in [5.41, 5.74) is 2.69. The second kappa shape index (κ2) is 7.85. The van der Waals surface area contributed by atoms with Gasteiger partial charge in [0.05, 0.1) is 6.61 Å². The molecular weight excluding hydrogens is 266 g/mol. The maximum absolute atomic E-state index is 11.5. The Morgan fingerprint density at radius 3 is 2.38 bits per heavy atom. The molecule has 0 bridgehead atoms. The Hall–Kier alpha value is -2.62. The number of nitrogens with one attached hydrogen (secondary N) is 1. The zero-order valence-electron chi connectivity index (χ0n) is 11.6. The highest BCUT2D eigenvalue weighted by Gasteiger charge is 2.02. The molecule has 0 spiro atoms. The fourth-order valence-electron chi connectivity index (χ4n) is 1.85. The largest absolute Gasteiger partial charge is 0.449 e. The summed E-state index contributed by atoms with van der Waals surface area (Å²) in [4.78, 5) is 22.1. The third-order valence-electron chi connectivity index (χ3n) is 3.02. The van der Waals surface area contributed by atoms with Crippen LogP contribution in [0.15, 0.2) is 54.6 Å². The Morgan fingerprint density at radius 1 is 1.00 bits per heavy atom. The summed E-state index contributed by atoms with van der Waals surface area (Å²) >= 11 is 0. The van der Waals surface area contributed by atoms with E-state index in [1.165, 1.54) is 0 Å². The maximum atomic E-state index is 11.5. The molecule has 0 aromatic heterocycles. The molecule has 2 rings (SSSR count). The van der Waals surface area contributed by atoms with Crippen molar-refractivity contribution in [3.8, 4) is 0 Å². The molecule has 0 aliphatic heterocycles. The van der Waals surface area contributed by atoms with Crippen molar-refractivity contribution in [3.05, 3.63) is 71.3 Å². The summed E-state index contributed by atoms with van der Waals surface area (Å²) in [5.74, 6) is 0. The quantitative estimate of drug-likeness (QED) is 0.829. The Bertz CT molecular complexity index is 579. The van der Waals surface area contributed by atoms with Gasteiger partial charge < -0.3 is 10.1 Å². The van der Waals surface area contributed by atoms with E-state index < -0.39 is 6.09 Å². The number of rotatable bonds is 6. The maximum Gasteiger partial charge on any atom is 0.407 e. The molecule has 0 fully saturated rings. The Kier molecular flexibility index (Phi) is 5.52. The van der Waals surface area contributed by atoms with Gasteiger partial charge in [-0.3, -0.25) is 4.79 Å². The van der Waals surface area contributed by atoms with Crippen molar-refractivity contribution in [1.82, 2.24) is 5.32 Å². The van der Waals surface area contributed by atoms with E-state index in [-0.39, 0.29) is 0 Å². The van der Waals surface area contributed by atoms with E-state index in [4.69, 9.17) is 4.74 Å². The molecule has 0 saturated heterocycles. The standard InChI is InChI=1S/C17H17NO3/c19-13-16-8-6-14(7-9-16)10-11-21-17(20)18-12-15-4-2-1-3-5-15/h1-9,13H,10-12H2,(H,18,20). The predicted molar refractivity (Wildman–Crippen MR) is 80.2 cm³/mol. The van der Waals surface area contributed by atoms with Crippen LogP contribution in [-0.2, 0) is 17.7 Å². The number of hydrogen-bond acceptors (Lipinski definition) is 3.